The summed E-state index contributed by atoms with van der Waals surface area (Å²) in [6, 6.07) is 3.59. The molecular formula is C9H12F3N3O2S. The van der Waals surface area contributed by atoms with Crippen molar-refractivity contribution in [2.24, 2.45) is 0 Å². The van der Waals surface area contributed by atoms with Crippen LogP contribution in [0.1, 0.15) is 0 Å². The summed E-state index contributed by atoms with van der Waals surface area (Å²) in [5, 5.41) is 2.02. The number of hydrogen-bond donors (Lipinski definition) is 3. The van der Waals surface area contributed by atoms with Gasteiger partial charge in [0.1, 0.15) is 11.4 Å². The third-order valence-electron chi connectivity index (χ3n) is 2.04. The van der Waals surface area contributed by atoms with Crippen molar-refractivity contribution in [1.82, 2.24) is 4.72 Å². The number of alkyl halides is 3. The molecule has 0 fully saturated rings. The first-order chi connectivity index (χ1) is 8.15. The van der Waals surface area contributed by atoms with Crippen LogP contribution >= 0.6 is 0 Å². The molecule has 0 spiro atoms. The first kappa shape index (κ1) is 14.6. The Kier molecular flexibility index (Phi) is 4.07. The van der Waals surface area contributed by atoms with E-state index in [0.717, 1.165) is 13.1 Å². The molecule has 0 bridgehead atoms. The third-order valence-corrected chi connectivity index (χ3v) is 3.50. The van der Waals surface area contributed by atoms with Crippen molar-refractivity contribution < 1.29 is 21.6 Å². The molecule has 0 aliphatic heterocycles. The summed E-state index contributed by atoms with van der Waals surface area (Å²) < 4.78 is 61.5. The van der Waals surface area contributed by atoms with Gasteiger partial charge in [-0.25, -0.2) is 13.1 Å². The Bertz CT molecular complexity index is 528. The zero-order chi connectivity index (χ0) is 14.0. The monoisotopic (exact) mass is 283 g/mol. The smallest absolute Gasteiger partial charge is 0.399 e. The average molecular weight is 283 g/mol. The van der Waals surface area contributed by atoms with Crippen molar-refractivity contribution in [2.75, 3.05) is 24.6 Å². The Morgan fingerprint density at radius 3 is 2.44 bits per heavy atom. The molecule has 0 aliphatic rings. The van der Waals surface area contributed by atoms with Gasteiger partial charge in [-0.3, -0.25) is 0 Å². The van der Waals surface area contributed by atoms with Crippen LogP contribution in [0.3, 0.4) is 0 Å². The van der Waals surface area contributed by atoms with Crippen LogP contribution < -0.4 is 15.8 Å². The summed E-state index contributed by atoms with van der Waals surface area (Å²) in [6.45, 7) is -1.33. The van der Waals surface area contributed by atoms with Crippen molar-refractivity contribution in [1.29, 1.82) is 0 Å². The summed E-state index contributed by atoms with van der Waals surface area (Å²) >= 11 is 0. The van der Waals surface area contributed by atoms with Crippen LogP contribution in [0.15, 0.2) is 23.1 Å². The highest BCUT2D eigenvalue weighted by atomic mass is 32.2. The molecule has 1 rings (SSSR count). The molecule has 0 aliphatic carbocycles. The van der Waals surface area contributed by atoms with E-state index in [1.54, 1.807) is 0 Å². The number of sulfonamides is 1. The molecule has 5 nitrogen and oxygen atoms in total. The highest BCUT2D eigenvalue weighted by Gasteiger charge is 2.28. The topological polar surface area (TPSA) is 84.2 Å². The van der Waals surface area contributed by atoms with E-state index in [1.165, 1.54) is 12.1 Å². The number of nitrogens with two attached hydrogens (primary N) is 1. The highest BCUT2D eigenvalue weighted by Crippen LogP contribution is 2.25. The van der Waals surface area contributed by atoms with E-state index in [9.17, 15) is 21.6 Å². The summed E-state index contributed by atoms with van der Waals surface area (Å²) in [5.41, 5.74) is 5.40. The van der Waals surface area contributed by atoms with Crippen molar-refractivity contribution >= 4 is 21.4 Å². The molecule has 1 aromatic carbocycles. The summed E-state index contributed by atoms with van der Waals surface area (Å²) in [4.78, 5) is -0.325. The first-order valence-electron chi connectivity index (χ1n) is 4.79. The Morgan fingerprint density at radius 2 is 1.94 bits per heavy atom. The van der Waals surface area contributed by atoms with Crippen LogP contribution in [-0.2, 0) is 10.0 Å². The fourth-order valence-electron chi connectivity index (χ4n) is 1.21. The molecule has 0 radical (unpaired) electrons. The largest absolute Gasteiger partial charge is 0.405 e. The lowest BCUT2D eigenvalue weighted by atomic mass is 10.3. The van der Waals surface area contributed by atoms with Gasteiger partial charge in [-0.15, -0.1) is 0 Å². The van der Waals surface area contributed by atoms with Gasteiger partial charge in [0.05, 0.1) is 5.69 Å². The second kappa shape index (κ2) is 5.02. The Labute approximate surface area is 102 Å². The van der Waals surface area contributed by atoms with Crippen LogP contribution in [0.4, 0.5) is 24.5 Å². The standard InChI is InChI=1S/C9H12F3N3O2S/c1-14-18(16,17)8-4-6(13)2-3-7(8)15-5-9(10,11)12/h2-4,14-15H,5,13H2,1H3. The zero-order valence-corrected chi connectivity index (χ0v) is 10.2. The maximum Gasteiger partial charge on any atom is 0.405 e. The predicted molar refractivity (Wildman–Crippen MR) is 61.6 cm³/mol. The lowest BCUT2D eigenvalue weighted by Crippen LogP contribution is -2.24. The Hall–Kier alpha value is -1.48. The lowest BCUT2D eigenvalue weighted by molar-refractivity contribution is -0.115. The molecular weight excluding hydrogens is 271 g/mol. The van der Waals surface area contributed by atoms with E-state index >= 15 is 0 Å². The predicted octanol–water partition coefficient (Wildman–Crippen LogP) is 1.15. The van der Waals surface area contributed by atoms with Gasteiger partial charge in [0.2, 0.25) is 10.0 Å². The van der Waals surface area contributed by atoms with E-state index in [4.69, 9.17) is 5.73 Å². The van der Waals surface area contributed by atoms with Gasteiger partial charge in [0.25, 0.3) is 0 Å². The third kappa shape index (κ3) is 3.77. The van der Waals surface area contributed by atoms with Gasteiger partial charge < -0.3 is 11.1 Å². The summed E-state index contributed by atoms with van der Waals surface area (Å²) in [7, 11) is -2.72. The van der Waals surface area contributed by atoms with Crippen LogP contribution in [0.5, 0.6) is 0 Å². The Balaban J connectivity index is 3.13. The number of nitrogen functional groups attached to an aromatic ring is 1. The Morgan fingerprint density at radius 1 is 1.33 bits per heavy atom. The van der Waals surface area contributed by atoms with Crippen LogP contribution in [0.2, 0.25) is 0 Å². The first-order valence-corrected chi connectivity index (χ1v) is 6.28. The maximum atomic E-state index is 12.1. The van der Waals surface area contributed by atoms with Gasteiger partial charge in [-0.05, 0) is 25.2 Å². The maximum absolute atomic E-state index is 12.1. The molecule has 0 unspecified atom stereocenters. The second-order valence-corrected chi connectivity index (χ2v) is 5.29. The summed E-state index contributed by atoms with van der Waals surface area (Å²) in [5.74, 6) is 0. The number of halogens is 3. The van der Waals surface area contributed by atoms with Crippen molar-refractivity contribution in [3.8, 4) is 0 Å². The zero-order valence-electron chi connectivity index (χ0n) is 9.38. The number of rotatable bonds is 4. The molecule has 0 atom stereocenters. The highest BCUT2D eigenvalue weighted by molar-refractivity contribution is 7.89. The molecule has 1 aromatic rings. The molecule has 4 N–H and O–H groups in total. The van der Waals surface area contributed by atoms with Crippen molar-refractivity contribution in [2.45, 2.75) is 11.1 Å². The van der Waals surface area contributed by atoms with Crippen LogP contribution in [0, 0.1) is 0 Å². The molecule has 0 heterocycles. The molecule has 0 amide bonds. The van der Waals surface area contributed by atoms with E-state index < -0.39 is 22.7 Å². The molecule has 0 saturated carbocycles. The minimum Gasteiger partial charge on any atom is -0.399 e. The SMILES string of the molecule is CNS(=O)(=O)c1cc(N)ccc1NCC(F)(F)F. The fraction of sp³-hybridized carbons (Fsp3) is 0.333. The number of anilines is 2. The number of hydrogen-bond acceptors (Lipinski definition) is 4. The van der Waals surface area contributed by atoms with E-state index in [-0.39, 0.29) is 16.3 Å². The van der Waals surface area contributed by atoms with Gasteiger partial charge in [-0.1, -0.05) is 0 Å². The molecule has 102 valence electrons. The quantitative estimate of drug-likeness (QED) is 0.724. The van der Waals surface area contributed by atoms with E-state index in [2.05, 4.69) is 0 Å². The van der Waals surface area contributed by atoms with Gasteiger partial charge in [0, 0.05) is 5.69 Å². The lowest BCUT2D eigenvalue weighted by Gasteiger charge is -2.14. The van der Waals surface area contributed by atoms with E-state index in [0.29, 0.717) is 0 Å². The van der Waals surface area contributed by atoms with Crippen LogP contribution in [-0.4, -0.2) is 28.2 Å². The van der Waals surface area contributed by atoms with E-state index in [1.807, 2.05) is 10.0 Å². The fourth-order valence-corrected chi connectivity index (χ4v) is 2.15. The van der Waals surface area contributed by atoms with Gasteiger partial charge in [0.15, 0.2) is 0 Å². The molecule has 18 heavy (non-hydrogen) atoms. The minimum absolute atomic E-state index is 0.140. The molecule has 0 aromatic heterocycles. The summed E-state index contributed by atoms with van der Waals surface area (Å²) in [6.07, 6.45) is -4.44. The van der Waals surface area contributed by atoms with Crippen LogP contribution in [0.25, 0.3) is 0 Å². The average Bonchev–Trinajstić information content (AvgIpc) is 2.26. The second-order valence-electron chi connectivity index (χ2n) is 3.43. The van der Waals surface area contributed by atoms with Gasteiger partial charge in [-0.2, -0.15) is 13.2 Å². The molecule has 0 saturated heterocycles. The normalized spacial score (nSPS) is 12.4. The van der Waals surface area contributed by atoms with Crippen molar-refractivity contribution in [3.05, 3.63) is 18.2 Å². The minimum atomic E-state index is -4.44. The van der Waals surface area contributed by atoms with Crippen molar-refractivity contribution in [3.63, 3.8) is 0 Å². The van der Waals surface area contributed by atoms with Gasteiger partial charge >= 0.3 is 6.18 Å². The molecule has 9 heteroatoms. The number of benzene rings is 1. The number of nitrogens with one attached hydrogen (secondary N) is 2.